The van der Waals surface area contributed by atoms with E-state index in [-0.39, 0.29) is 29.1 Å². The van der Waals surface area contributed by atoms with Gasteiger partial charge in [-0.05, 0) is 51.4 Å². The molecule has 1 fully saturated rings. The van der Waals surface area contributed by atoms with Crippen LogP contribution < -0.4 is 4.90 Å². The zero-order valence-electron chi connectivity index (χ0n) is 18.6. The molecule has 166 valence electrons. The van der Waals surface area contributed by atoms with Crippen LogP contribution in [0.5, 0.6) is 0 Å². The average Bonchev–Trinajstić information content (AvgIpc) is 3.05. The lowest BCUT2D eigenvalue weighted by Crippen LogP contribution is -2.41. The number of nitrogens with zero attached hydrogens (tertiary/aromatic N) is 1. The van der Waals surface area contributed by atoms with Gasteiger partial charge >= 0.3 is 0 Å². The van der Waals surface area contributed by atoms with Gasteiger partial charge in [0.2, 0.25) is 11.8 Å². The lowest BCUT2D eigenvalue weighted by molar-refractivity contribution is -0.122. The quantitative estimate of drug-likeness (QED) is 0.367. The second kappa shape index (κ2) is 6.94. The zero-order chi connectivity index (χ0) is 23.2. The predicted molar refractivity (Wildman–Crippen MR) is 131 cm³/mol. The Balaban J connectivity index is 1.55. The van der Waals surface area contributed by atoms with Crippen molar-refractivity contribution in [2.24, 2.45) is 11.8 Å². The van der Waals surface area contributed by atoms with E-state index in [0.29, 0.717) is 15.7 Å². The molecule has 0 spiro atoms. The van der Waals surface area contributed by atoms with Gasteiger partial charge in [-0.2, -0.15) is 0 Å². The molecule has 1 heterocycles. The topological polar surface area (TPSA) is 37.4 Å². The van der Waals surface area contributed by atoms with Gasteiger partial charge in [0.25, 0.3) is 0 Å². The summed E-state index contributed by atoms with van der Waals surface area (Å²) in [4.78, 5) is 29.0. The first kappa shape index (κ1) is 20.9. The monoisotopic (exact) mass is 475 g/mol. The number of amides is 2. The molecule has 4 aliphatic rings. The SMILES string of the molecule is CC(C)(C)c1ccc2c(c1)C1c3ccccc3C2C2C(=O)N(c3ccc(Cl)c(Cl)c3)C(=O)C12. The van der Waals surface area contributed by atoms with Crippen molar-refractivity contribution in [2.75, 3.05) is 4.90 Å². The molecule has 0 N–H and O–H groups in total. The van der Waals surface area contributed by atoms with Gasteiger partial charge in [0.1, 0.15) is 0 Å². The minimum absolute atomic E-state index is 0.00770. The highest BCUT2D eigenvalue weighted by Gasteiger charge is 2.61. The van der Waals surface area contributed by atoms with Gasteiger partial charge in [0.15, 0.2) is 0 Å². The molecule has 5 heteroatoms. The Morgan fingerprint density at radius 1 is 0.697 bits per heavy atom. The third kappa shape index (κ3) is 2.82. The first-order chi connectivity index (χ1) is 15.7. The van der Waals surface area contributed by atoms with Crippen LogP contribution in [0.1, 0.15) is 60.4 Å². The molecule has 1 aliphatic heterocycles. The molecule has 0 aromatic heterocycles. The summed E-state index contributed by atoms with van der Waals surface area (Å²) in [5.41, 5.74) is 6.40. The molecular formula is C28H23Cl2NO2. The Hall–Kier alpha value is -2.62. The van der Waals surface area contributed by atoms with Gasteiger partial charge in [-0.1, -0.05) is 86.4 Å². The van der Waals surface area contributed by atoms with Crippen LogP contribution in [0, 0.1) is 11.8 Å². The van der Waals surface area contributed by atoms with Crippen LogP contribution in [0.2, 0.25) is 10.0 Å². The smallest absolute Gasteiger partial charge is 0.238 e. The number of rotatable bonds is 1. The molecule has 3 aromatic rings. The van der Waals surface area contributed by atoms with Crippen LogP contribution in [-0.2, 0) is 15.0 Å². The molecule has 0 saturated carbocycles. The van der Waals surface area contributed by atoms with E-state index >= 15 is 0 Å². The number of benzene rings is 3. The highest BCUT2D eigenvalue weighted by atomic mass is 35.5. The zero-order valence-corrected chi connectivity index (χ0v) is 20.1. The Kier molecular flexibility index (Phi) is 4.41. The first-order valence-corrected chi connectivity index (χ1v) is 12.0. The van der Waals surface area contributed by atoms with Crippen LogP contribution in [0.25, 0.3) is 0 Å². The molecule has 7 rings (SSSR count). The number of halogens is 2. The van der Waals surface area contributed by atoms with Gasteiger partial charge in [-0.15, -0.1) is 0 Å². The molecular weight excluding hydrogens is 453 g/mol. The van der Waals surface area contributed by atoms with Crippen molar-refractivity contribution in [1.82, 2.24) is 0 Å². The van der Waals surface area contributed by atoms with Crippen LogP contribution in [0.4, 0.5) is 5.69 Å². The number of carbonyl (C=O) groups excluding carboxylic acids is 2. The highest BCUT2D eigenvalue weighted by molar-refractivity contribution is 6.42. The van der Waals surface area contributed by atoms with Gasteiger partial charge in [0.05, 0.1) is 27.6 Å². The fourth-order valence-electron chi connectivity index (χ4n) is 6.07. The van der Waals surface area contributed by atoms with Gasteiger partial charge in [0, 0.05) is 11.8 Å². The second-order valence-corrected chi connectivity index (χ2v) is 11.2. The Morgan fingerprint density at radius 2 is 1.27 bits per heavy atom. The van der Waals surface area contributed by atoms with Gasteiger partial charge < -0.3 is 0 Å². The number of hydrogen-bond acceptors (Lipinski definition) is 2. The van der Waals surface area contributed by atoms with E-state index in [1.54, 1.807) is 18.2 Å². The summed E-state index contributed by atoms with van der Waals surface area (Å²) in [7, 11) is 0. The summed E-state index contributed by atoms with van der Waals surface area (Å²) < 4.78 is 0. The van der Waals surface area contributed by atoms with Crippen LogP contribution in [0.3, 0.4) is 0 Å². The maximum absolute atomic E-state index is 13.9. The van der Waals surface area contributed by atoms with Gasteiger partial charge in [-0.3, -0.25) is 9.59 Å². The molecule has 33 heavy (non-hydrogen) atoms. The number of hydrogen-bond donors (Lipinski definition) is 0. The fraction of sp³-hybridized carbons (Fsp3) is 0.286. The molecule has 3 nitrogen and oxygen atoms in total. The number of carbonyl (C=O) groups is 2. The van der Waals surface area contributed by atoms with Crippen molar-refractivity contribution in [3.8, 4) is 0 Å². The van der Waals surface area contributed by atoms with E-state index in [0.717, 1.165) is 5.56 Å². The van der Waals surface area contributed by atoms with E-state index in [4.69, 9.17) is 23.2 Å². The normalized spacial score (nSPS) is 25.2. The molecule has 4 unspecified atom stereocenters. The maximum Gasteiger partial charge on any atom is 0.238 e. The lowest BCUT2D eigenvalue weighted by Gasteiger charge is -2.46. The van der Waals surface area contributed by atoms with E-state index in [1.165, 1.54) is 27.2 Å². The van der Waals surface area contributed by atoms with Crippen molar-refractivity contribution < 1.29 is 9.59 Å². The van der Waals surface area contributed by atoms with Crippen molar-refractivity contribution in [3.63, 3.8) is 0 Å². The summed E-state index contributed by atoms with van der Waals surface area (Å²) in [6.07, 6.45) is 0. The Bertz CT molecular complexity index is 1360. The Morgan fingerprint density at radius 3 is 1.85 bits per heavy atom. The molecule has 3 aromatic carbocycles. The van der Waals surface area contributed by atoms with E-state index < -0.39 is 11.8 Å². The summed E-state index contributed by atoms with van der Waals surface area (Å²) in [5, 5.41) is 0.723. The maximum atomic E-state index is 13.9. The van der Waals surface area contributed by atoms with Crippen molar-refractivity contribution in [1.29, 1.82) is 0 Å². The standard InChI is InChI=1S/C28H23Cl2NO2/c1-28(2,3)14-8-10-18-19(12-14)23-17-7-5-4-6-16(17)22(18)24-25(23)27(33)31(26(24)32)15-9-11-20(29)21(30)13-15/h4-13,22-25H,1-3H3. The molecule has 1 saturated heterocycles. The third-order valence-electron chi connectivity index (χ3n) is 7.57. The highest BCUT2D eigenvalue weighted by Crippen LogP contribution is 2.61. The Labute approximate surface area is 203 Å². The minimum Gasteiger partial charge on any atom is -0.274 e. The second-order valence-electron chi connectivity index (χ2n) is 10.3. The van der Waals surface area contributed by atoms with Crippen LogP contribution >= 0.6 is 23.2 Å². The van der Waals surface area contributed by atoms with Crippen molar-refractivity contribution in [2.45, 2.75) is 38.0 Å². The van der Waals surface area contributed by atoms with Crippen molar-refractivity contribution >= 4 is 40.7 Å². The van der Waals surface area contributed by atoms with E-state index in [1.807, 2.05) is 12.1 Å². The molecule has 2 bridgehead atoms. The van der Waals surface area contributed by atoms with E-state index in [9.17, 15) is 9.59 Å². The first-order valence-electron chi connectivity index (χ1n) is 11.2. The summed E-state index contributed by atoms with van der Waals surface area (Å²) in [5.74, 6) is -1.42. The molecule has 4 atom stereocenters. The third-order valence-corrected chi connectivity index (χ3v) is 8.31. The summed E-state index contributed by atoms with van der Waals surface area (Å²) >= 11 is 12.3. The molecule has 2 amide bonds. The largest absolute Gasteiger partial charge is 0.274 e. The summed E-state index contributed by atoms with van der Waals surface area (Å²) in [6.45, 7) is 6.59. The lowest BCUT2D eigenvalue weighted by atomic mass is 9.54. The van der Waals surface area contributed by atoms with E-state index in [2.05, 4.69) is 51.1 Å². The molecule has 3 aliphatic carbocycles. The average molecular weight is 476 g/mol. The number of imide groups is 1. The van der Waals surface area contributed by atoms with Crippen LogP contribution in [0.15, 0.2) is 60.7 Å². The fourth-order valence-corrected chi connectivity index (χ4v) is 6.36. The predicted octanol–water partition coefficient (Wildman–Crippen LogP) is 6.69. The molecule has 0 radical (unpaired) electrons. The minimum atomic E-state index is -0.422. The van der Waals surface area contributed by atoms with Crippen molar-refractivity contribution in [3.05, 3.63) is 98.5 Å². The number of anilines is 1. The van der Waals surface area contributed by atoms with Gasteiger partial charge in [-0.25, -0.2) is 4.90 Å². The summed E-state index contributed by atoms with van der Waals surface area (Å²) in [6, 6.07) is 19.8. The van der Waals surface area contributed by atoms with Crippen LogP contribution in [-0.4, -0.2) is 11.8 Å².